The highest BCUT2D eigenvalue weighted by Crippen LogP contribution is 2.21. The first-order chi connectivity index (χ1) is 9.83. The lowest BCUT2D eigenvalue weighted by atomic mass is 10.0. The number of aryl methyl sites for hydroxylation is 1. The van der Waals surface area contributed by atoms with Gasteiger partial charge in [-0.25, -0.2) is 4.98 Å². The van der Waals surface area contributed by atoms with Crippen molar-refractivity contribution >= 4 is 11.3 Å². The molecule has 2 aromatic rings. The van der Waals surface area contributed by atoms with Crippen molar-refractivity contribution in [2.24, 2.45) is 0 Å². The Kier molecular flexibility index (Phi) is 6.22. The topological polar surface area (TPSA) is 24.9 Å². The second kappa shape index (κ2) is 8.18. The number of nitrogens with zero attached hydrogens (tertiary/aromatic N) is 1. The highest BCUT2D eigenvalue weighted by atomic mass is 32.1. The van der Waals surface area contributed by atoms with Gasteiger partial charge in [0, 0.05) is 23.7 Å². The van der Waals surface area contributed by atoms with Crippen LogP contribution in [0.25, 0.3) is 0 Å². The summed E-state index contributed by atoms with van der Waals surface area (Å²) in [7, 11) is 0. The fourth-order valence-electron chi connectivity index (χ4n) is 2.28. The molecule has 0 aliphatic rings. The van der Waals surface area contributed by atoms with E-state index in [4.69, 9.17) is 0 Å². The molecule has 3 heteroatoms. The largest absolute Gasteiger partial charge is 0.304 e. The fraction of sp³-hybridized carbons (Fsp3) is 0.471. The lowest BCUT2D eigenvalue weighted by Crippen LogP contribution is -2.20. The molecule has 0 fully saturated rings. The fourth-order valence-corrected chi connectivity index (χ4v) is 3.10. The SMILES string of the molecule is CCCCC(NCc1ncc(CC)s1)c1ccccc1. The number of aromatic nitrogens is 1. The standard InChI is InChI=1S/C17H24N2S/c1-3-5-11-16(14-9-7-6-8-10-14)18-13-17-19-12-15(4-2)20-17/h6-10,12,16,18H,3-5,11,13H2,1-2H3. The van der Waals surface area contributed by atoms with E-state index in [1.807, 2.05) is 17.5 Å². The molecular formula is C17H24N2S. The van der Waals surface area contributed by atoms with Crippen LogP contribution in [0.2, 0.25) is 0 Å². The Morgan fingerprint density at radius 1 is 1.20 bits per heavy atom. The van der Waals surface area contributed by atoms with E-state index in [2.05, 4.69) is 54.5 Å². The van der Waals surface area contributed by atoms with Crippen LogP contribution < -0.4 is 5.32 Å². The number of unbranched alkanes of at least 4 members (excludes halogenated alkanes) is 1. The first-order valence-corrected chi connectivity index (χ1v) is 8.37. The van der Waals surface area contributed by atoms with Crippen LogP contribution in [0.1, 0.15) is 54.6 Å². The summed E-state index contributed by atoms with van der Waals surface area (Å²) in [5.41, 5.74) is 1.38. The molecule has 0 amide bonds. The van der Waals surface area contributed by atoms with Gasteiger partial charge in [0.15, 0.2) is 0 Å². The van der Waals surface area contributed by atoms with Gasteiger partial charge in [-0.05, 0) is 18.4 Å². The van der Waals surface area contributed by atoms with Crippen LogP contribution in [0.5, 0.6) is 0 Å². The Morgan fingerprint density at radius 3 is 2.65 bits per heavy atom. The maximum absolute atomic E-state index is 4.49. The van der Waals surface area contributed by atoms with E-state index >= 15 is 0 Å². The molecule has 20 heavy (non-hydrogen) atoms. The second-order valence-corrected chi connectivity index (χ2v) is 6.26. The molecule has 1 atom stereocenters. The van der Waals surface area contributed by atoms with Gasteiger partial charge in [-0.3, -0.25) is 0 Å². The summed E-state index contributed by atoms with van der Waals surface area (Å²) in [5.74, 6) is 0. The lowest BCUT2D eigenvalue weighted by Gasteiger charge is -2.18. The molecule has 0 aliphatic carbocycles. The highest BCUT2D eigenvalue weighted by Gasteiger charge is 2.11. The number of thiazole rings is 1. The molecule has 0 saturated heterocycles. The molecule has 2 nitrogen and oxygen atoms in total. The van der Waals surface area contributed by atoms with Crippen molar-refractivity contribution in [1.82, 2.24) is 10.3 Å². The number of benzene rings is 1. The van der Waals surface area contributed by atoms with E-state index in [9.17, 15) is 0 Å². The number of hydrogen-bond donors (Lipinski definition) is 1. The van der Waals surface area contributed by atoms with Crippen molar-refractivity contribution in [2.75, 3.05) is 0 Å². The molecule has 0 aliphatic heterocycles. The Morgan fingerprint density at radius 2 is 2.00 bits per heavy atom. The van der Waals surface area contributed by atoms with Crippen molar-refractivity contribution in [3.8, 4) is 0 Å². The number of hydrogen-bond acceptors (Lipinski definition) is 3. The van der Waals surface area contributed by atoms with E-state index in [0.29, 0.717) is 6.04 Å². The third-order valence-electron chi connectivity index (χ3n) is 3.50. The van der Waals surface area contributed by atoms with Crippen LogP contribution in [0.4, 0.5) is 0 Å². The molecule has 0 spiro atoms. The molecule has 1 aromatic heterocycles. The van der Waals surface area contributed by atoms with E-state index in [1.54, 1.807) is 0 Å². The molecule has 0 radical (unpaired) electrons. The van der Waals surface area contributed by atoms with Crippen molar-refractivity contribution in [1.29, 1.82) is 0 Å². The van der Waals surface area contributed by atoms with Gasteiger partial charge in [-0.15, -0.1) is 11.3 Å². The minimum atomic E-state index is 0.435. The van der Waals surface area contributed by atoms with Gasteiger partial charge in [-0.2, -0.15) is 0 Å². The number of rotatable bonds is 8. The quantitative estimate of drug-likeness (QED) is 0.760. The van der Waals surface area contributed by atoms with Crippen LogP contribution in [0.15, 0.2) is 36.5 Å². The third-order valence-corrected chi connectivity index (χ3v) is 4.64. The van der Waals surface area contributed by atoms with Crippen LogP contribution in [-0.4, -0.2) is 4.98 Å². The summed E-state index contributed by atoms with van der Waals surface area (Å²) in [6.07, 6.45) is 6.76. The average Bonchev–Trinajstić information content (AvgIpc) is 2.96. The van der Waals surface area contributed by atoms with E-state index < -0.39 is 0 Å². The Bertz CT molecular complexity index is 493. The molecule has 108 valence electrons. The predicted molar refractivity (Wildman–Crippen MR) is 87.0 cm³/mol. The summed E-state index contributed by atoms with van der Waals surface area (Å²) in [4.78, 5) is 5.86. The van der Waals surface area contributed by atoms with E-state index in [0.717, 1.165) is 13.0 Å². The monoisotopic (exact) mass is 288 g/mol. The highest BCUT2D eigenvalue weighted by molar-refractivity contribution is 7.11. The molecule has 1 unspecified atom stereocenters. The predicted octanol–water partition coefficient (Wildman–Crippen LogP) is 4.73. The van der Waals surface area contributed by atoms with Crippen LogP contribution in [0, 0.1) is 0 Å². The zero-order valence-corrected chi connectivity index (χ0v) is 13.2. The average molecular weight is 288 g/mol. The summed E-state index contributed by atoms with van der Waals surface area (Å²) in [6.45, 7) is 5.29. The first kappa shape index (κ1) is 15.2. The van der Waals surface area contributed by atoms with Crippen LogP contribution in [-0.2, 0) is 13.0 Å². The van der Waals surface area contributed by atoms with Gasteiger partial charge in [0.2, 0.25) is 0 Å². The molecule has 2 rings (SSSR count). The Labute approximate surface area is 126 Å². The van der Waals surface area contributed by atoms with Gasteiger partial charge >= 0.3 is 0 Å². The Balaban J connectivity index is 1.97. The van der Waals surface area contributed by atoms with Gasteiger partial charge < -0.3 is 5.32 Å². The van der Waals surface area contributed by atoms with Crippen molar-refractivity contribution in [3.63, 3.8) is 0 Å². The Hall–Kier alpha value is -1.19. The molecular weight excluding hydrogens is 264 g/mol. The van der Waals surface area contributed by atoms with Crippen molar-refractivity contribution < 1.29 is 0 Å². The minimum Gasteiger partial charge on any atom is -0.304 e. The molecule has 1 N–H and O–H groups in total. The molecule has 0 bridgehead atoms. The summed E-state index contributed by atoms with van der Waals surface area (Å²) in [6, 6.07) is 11.2. The molecule has 0 saturated carbocycles. The van der Waals surface area contributed by atoms with E-state index in [-0.39, 0.29) is 0 Å². The van der Waals surface area contributed by atoms with Gasteiger partial charge in [0.05, 0.1) is 0 Å². The molecule has 1 heterocycles. The zero-order chi connectivity index (χ0) is 14.2. The minimum absolute atomic E-state index is 0.435. The van der Waals surface area contributed by atoms with Crippen LogP contribution >= 0.6 is 11.3 Å². The van der Waals surface area contributed by atoms with Crippen LogP contribution in [0.3, 0.4) is 0 Å². The van der Waals surface area contributed by atoms with Gasteiger partial charge in [0.1, 0.15) is 5.01 Å². The lowest BCUT2D eigenvalue weighted by molar-refractivity contribution is 0.480. The maximum Gasteiger partial charge on any atom is 0.107 e. The summed E-state index contributed by atoms with van der Waals surface area (Å²) in [5, 5.41) is 4.87. The third kappa shape index (κ3) is 4.43. The first-order valence-electron chi connectivity index (χ1n) is 7.55. The number of nitrogens with one attached hydrogen (secondary N) is 1. The van der Waals surface area contributed by atoms with Gasteiger partial charge in [-0.1, -0.05) is 57.0 Å². The second-order valence-electron chi connectivity index (χ2n) is 5.06. The maximum atomic E-state index is 4.49. The van der Waals surface area contributed by atoms with E-state index in [1.165, 1.54) is 34.7 Å². The summed E-state index contributed by atoms with van der Waals surface area (Å²) >= 11 is 1.82. The van der Waals surface area contributed by atoms with Crippen molar-refractivity contribution in [2.45, 2.75) is 52.1 Å². The molecule has 1 aromatic carbocycles. The van der Waals surface area contributed by atoms with Crippen molar-refractivity contribution in [3.05, 3.63) is 52.0 Å². The normalized spacial score (nSPS) is 12.5. The zero-order valence-electron chi connectivity index (χ0n) is 12.4. The smallest absolute Gasteiger partial charge is 0.107 e. The van der Waals surface area contributed by atoms with Gasteiger partial charge in [0.25, 0.3) is 0 Å². The summed E-state index contributed by atoms with van der Waals surface area (Å²) < 4.78 is 0.